The van der Waals surface area contributed by atoms with E-state index in [1.54, 1.807) is 0 Å². The molecule has 0 saturated carbocycles. The van der Waals surface area contributed by atoms with Crippen LogP contribution in [0.1, 0.15) is 63.8 Å². The number of piperidine rings is 1. The number of fused-ring (bicyclic) bond motifs is 1. The van der Waals surface area contributed by atoms with Gasteiger partial charge < -0.3 is 20.3 Å². The Kier molecular flexibility index (Phi) is 5.38. The summed E-state index contributed by atoms with van der Waals surface area (Å²) in [7, 11) is 0. The number of rotatable bonds is 3. The predicted octanol–water partition coefficient (Wildman–Crippen LogP) is 2.96. The van der Waals surface area contributed by atoms with E-state index < -0.39 is 5.60 Å². The summed E-state index contributed by atoms with van der Waals surface area (Å²) in [5.41, 5.74) is 2.57. The first-order valence-electron chi connectivity index (χ1n) is 10.6. The third-order valence-corrected chi connectivity index (χ3v) is 5.51. The lowest BCUT2D eigenvalue weighted by atomic mass is 10.0. The highest BCUT2D eigenvalue weighted by Crippen LogP contribution is 2.26. The summed E-state index contributed by atoms with van der Waals surface area (Å²) in [6.07, 6.45) is 6.17. The van der Waals surface area contributed by atoms with Crippen LogP contribution < -0.4 is 15.5 Å². The number of carbonyl (C=O) groups is 1. The average Bonchev–Trinajstić information content (AvgIpc) is 3.26. The molecule has 0 bridgehead atoms. The lowest BCUT2D eigenvalue weighted by Crippen LogP contribution is -2.40. The molecular formula is C21H32N6O2. The number of imidazole rings is 1. The number of aryl methyl sites for hydroxylation is 1. The van der Waals surface area contributed by atoms with E-state index in [-0.39, 0.29) is 12.1 Å². The van der Waals surface area contributed by atoms with Gasteiger partial charge in [-0.25, -0.2) is 14.3 Å². The van der Waals surface area contributed by atoms with Gasteiger partial charge >= 0.3 is 6.09 Å². The van der Waals surface area contributed by atoms with Crippen LogP contribution in [0.4, 0.5) is 10.6 Å². The summed E-state index contributed by atoms with van der Waals surface area (Å²) in [6.45, 7) is 10.3. The van der Waals surface area contributed by atoms with Crippen LogP contribution in [0.5, 0.6) is 0 Å². The fourth-order valence-corrected chi connectivity index (χ4v) is 4.15. The smallest absolute Gasteiger partial charge is 0.407 e. The van der Waals surface area contributed by atoms with Gasteiger partial charge in [-0.2, -0.15) is 0 Å². The van der Waals surface area contributed by atoms with Crippen LogP contribution >= 0.6 is 0 Å². The maximum atomic E-state index is 12.1. The lowest BCUT2D eigenvalue weighted by molar-refractivity contribution is 0.0509. The van der Waals surface area contributed by atoms with Crippen LogP contribution in [0.15, 0.2) is 12.3 Å². The Labute approximate surface area is 172 Å². The lowest BCUT2D eigenvalue weighted by Gasteiger charge is -2.22. The van der Waals surface area contributed by atoms with Gasteiger partial charge in [0.2, 0.25) is 0 Å². The average molecular weight is 401 g/mol. The third-order valence-electron chi connectivity index (χ3n) is 5.51. The fraction of sp³-hybridized carbons (Fsp3) is 0.667. The zero-order valence-electron chi connectivity index (χ0n) is 17.9. The highest BCUT2D eigenvalue weighted by molar-refractivity contribution is 5.68. The summed E-state index contributed by atoms with van der Waals surface area (Å²) >= 11 is 0. The van der Waals surface area contributed by atoms with E-state index >= 15 is 0 Å². The highest BCUT2D eigenvalue weighted by Gasteiger charge is 2.28. The Hall–Kier alpha value is -2.35. The summed E-state index contributed by atoms with van der Waals surface area (Å²) in [6, 6.07) is 2.48. The molecule has 0 aromatic carbocycles. The van der Waals surface area contributed by atoms with Gasteiger partial charge in [0.1, 0.15) is 5.60 Å². The second-order valence-corrected chi connectivity index (χ2v) is 9.20. The second-order valence-electron chi connectivity index (χ2n) is 9.20. The van der Waals surface area contributed by atoms with Crippen molar-refractivity contribution in [2.24, 2.45) is 0 Å². The van der Waals surface area contributed by atoms with Crippen molar-refractivity contribution in [1.82, 2.24) is 25.2 Å². The number of nitrogens with one attached hydrogen (secondary N) is 2. The molecule has 2 aliphatic rings. The van der Waals surface area contributed by atoms with Crippen LogP contribution in [0.2, 0.25) is 0 Å². The minimum absolute atomic E-state index is 0.0616. The number of amides is 1. The fourth-order valence-electron chi connectivity index (χ4n) is 4.15. The van der Waals surface area contributed by atoms with Crippen LogP contribution in [0, 0.1) is 6.92 Å². The summed E-state index contributed by atoms with van der Waals surface area (Å²) in [4.78, 5) is 19.1. The number of hydrogen-bond donors (Lipinski definition) is 2. The maximum Gasteiger partial charge on any atom is 0.407 e. The van der Waals surface area contributed by atoms with Crippen molar-refractivity contribution < 1.29 is 9.53 Å². The van der Waals surface area contributed by atoms with Crippen molar-refractivity contribution in [2.45, 2.75) is 71.1 Å². The van der Waals surface area contributed by atoms with Crippen LogP contribution in [0.25, 0.3) is 5.65 Å². The molecule has 2 aliphatic heterocycles. The molecule has 2 aromatic heterocycles. The van der Waals surface area contributed by atoms with E-state index in [9.17, 15) is 4.79 Å². The number of anilines is 1. The van der Waals surface area contributed by atoms with Crippen molar-refractivity contribution in [3.05, 3.63) is 23.5 Å². The molecule has 0 spiro atoms. The second kappa shape index (κ2) is 7.82. The van der Waals surface area contributed by atoms with Crippen LogP contribution in [-0.2, 0) is 4.74 Å². The SMILES string of the molecule is Cc1cc2nc(C3CCCCN3)cn2nc1N1CCC(NC(=O)OC(C)(C)C)C1. The Balaban J connectivity index is 1.46. The molecule has 0 radical (unpaired) electrons. The number of carbonyl (C=O) groups excluding carboxylic acids is 1. The monoisotopic (exact) mass is 400 g/mol. The van der Waals surface area contributed by atoms with Gasteiger partial charge in [-0.05, 0) is 65.1 Å². The molecular weight excluding hydrogens is 368 g/mol. The number of aromatic nitrogens is 3. The Morgan fingerprint density at radius 1 is 1.31 bits per heavy atom. The number of ether oxygens (including phenoxy) is 1. The van der Waals surface area contributed by atoms with Gasteiger partial charge in [0, 0.05) is 13.1 Å². The minimum atomic E-state index is -0.488. The van der Waals surface area contributed by atoms with Crippen molar-refractivity contribution >= 4 is 17.6 Å². The molecule has 2 unspecified atom stereocenters. The molecule has 29 heavy (non-hydrogen) atoms. The summed E-state index contributed by atoms with van der Waals surface area (Å²) < 4.78 is 7.27. The van der Waals surface area contributed by atoms with Crippen molar-refractivity contribution in [3.63, 3.8) is 0 Å². The molecule has 2 aromatic rings. The first-order chi connectivity index (χ1) is 13.8. The predicted molar refractivity (Wildman–Crippen MR) is 112 cm³/mol. The maximum absolute atomic E-state index is 12.1. The topological polar surface area (TPSA) is 83.8 Å². The Bertz CT molecular complexity index is 881. The van der Waals surface area contributed by atoms with Gasteiger partial charge in [0.15, 0.2) is 11.5 Å². The van der Waals surface area contributed by atoms with Gasteiger partial charge in [-0.15, -0.1) is 5.10 Å². The Morgan fingerprint density at radius 3 is 2.86 bits per heavy atom. The molecule has 4 rings (SSSR count). The molecule has 2 atom stereocenters. The van der Waals surface area contributed by atoms with E-state index in [1.807, 2.05) is 31.5 Å². The van der Waals surface area contributed by atoms with Gasteiger partial charge in [-0.1, -0.05) is 6.42 Å². The van der Waals surface area contributed by atoms with Crippen LogP contribution in [0.3, 0.4) is 0 Å². The van der Waals surface area contributed by atoms with E-state index in [4.69, 9.17) is 14.8 Å². The number of hydrogen-bond acceptors (Lipinski definition) is 6. The number of alkyl carbamates (subject to hydrolysis) is 1. The summed E-state index contributed by atoms with van der Waals surface area (Å²) in [5.74, 6) is 0.951. The third kappa shape index (κ3) is 4.63. The minimum Gasteiger partial charge on any atom is -0.444 e. The molecule has 0 aliphatic carbocycles. The molecule has 2 N–H and O–H groups in total. The van der Waals surface area contributed by atoms with Gasteiger partial charge in [-0.3, -0.25) is 0 Å². The zero-order valence-corrected chi connectivity index (χ0v) is 17.9. The standard InChI is InChI=1S/C21H32N6O2/c1-14-11-18-24-17(16-7-5-6-9-22-16)13-27(18)25-19(14)26-10-8-15(12-26)23-20(28)29-21(2,3)4/h11,13,15-16,22H,5-10,12H2,1-4H3,(H,23,28). The molecule has 158 valence electrons. The molecule has 2 saturated heterocycles. The first-order valence-corrected chi connectivity index (χ1v) is 10.6. The van der Waals surface area contributed by atoms with Crippen molar-refractivity contribution in [1.29, 1.82) is 0 Å². The molecule has 8 heteroatoms. The van der Waals surface area contributed by atoms with Crippen molar-refractivity contribution in [2.75, 3.05) is 24.5 Å². The molecule has 1 amide bonds. The number of nitrogens with zero attached hydrogens (tertiary/aromatic N) is 4. The highest BCUT2D eigenvalue weighted by atomic mass is 16.6. The zero-order chi connectivity index (χ0) is 20.6. The molecule has 4 heterocycles. The Morgan fingerprint density at radius 2 is 2.14 bits per heavy atom. The molecule has 8 nitrogen and oxygen atoms in total. The van der Waals surface area contributed by atoms with E-state index in [2.05, 4.69) is 28.5 Å². The van der Waals surface area contributed by atoms with Gasteiger partial charge in [0.05, 0.1) is 24.0 Å². The van der Waals surface area contributed by atoms with E-state index in [1.165, 1.54) is 12.8 Å². The van der Waals surface area contributed by atoms with E-state index in [0.29, 0.717) is 6.04 Å². The molecule has 2 fully saturated rings. The van der Waals surface area contributed by atoms with Crippen molar-refractivity contribution in [3.8, 4) is 0 Å². The summed E-state index contributed by atoms with van der Waals surface area (Å²) in [5, 5.41) is 11.4. The normalized spacial score (nSPS) is 22.8. The van der Waals surface area contributed by atoms with E-state index in [0.717, 1.165) is 55.2 Å². The quantitative estimate of drug-likeness (QED) is 0.824. The van der Waals surface area contributed by atoms with Crippen LogP contribution in [-0.4, -0.2) is 52.0 Å². The largest absolute Gasteiger partial charge is 0.444 e. The van der Waals surface area contributed by atoms with Gasteiger partial charge in [0.25, 0.3) is 0 Å². The first kappa shape index (κ1) is 19.9.